The molecule has 0 spiro atoms. The number of hydrogen-bond donors (Lipinski definition) is 1. The van der Waals surface area contributed by atoms with Crippen molar-refractivity contribution in [2.24, 2.45) is 5.73 Å². The molecule has 0 saturated heterocycles. The molecule has 2 aromatic carbocycles. The second-order valence-corrected chi connectivity index (χ2v) is 4.66. The highest BCUT2D eigenvalue weighted by molar-refractivity contribution is 5.78. The largest absolute Gasteiger partial charge is 0.573 e. The van der Waals surface area contributed by atoms with Gasteiger partial charge in [-0.05, 0) is 11.6 Å². The highest BCUT2D eigenvalue weighted by Crippen LogP contribution is 2.29. The number of carbonyl (C=O) groups excluding carboxylic acids is 1. The predicted octanol–water partition coefficient (Wildman–Crippen LogP) is 3.33. The Hall–Kier alpha value is -2.54. The highest BCUT2D eigenvalue weighted by Gasteiger charge is 2.33. The fourth-order valence-electron chi connectivity index (χ4n) is 1.90. The van der Waals surface area contributed by atoms with E-state index in [-0.39, 0.29) is 12.2 Å². The zero-order valence-electron chi connectivity index (χ0n) is 11.9. The Labute approximate surface area is 130 Å². The third-order valence-electron chi connectivity index (χ3n) is 2.96. The van der Waals surface area contributed by atoms with Gasteiger partial charge in [0.15, 0.2) is 0 Å². The molecule has 1 atom stereocenters. The number of hydrogen-bond acceptors (Lipinski definition) is 4. The molecule has 2 aromatic rings. The molecule has 0 aliphatic rings. The monoisotopic (exact) mass is 325 g/mol. The van der Waals surface area contributed by atoms with Crippen molar-refractivity contribution in [1.82, 2.24) is 0 Å². The van der Waals surface area contributed by atoms with Gasteiger partial charge in [0.2, 0.25) is 0 Å². The number of ether oxygens (including phenoxy) is 2. The summed E-state index contributed by atoms with van der Waals surface area (Å²) in [6, 6.07) is 12.7. The van der Waals surface area contributed by atoms with E-state index in [2.05, 4.69) is 4.74 Å². The summed E-state index contributed by atoms with van der Waals surface area (Å²) in [5.74, 6) is -1.36. The average molecular weight is 325 g/mol. The van der Waals surface area contributed by atoms with Crippen LogP contribution in [0.5, 0.6) is 5.75 Å². The fourth-order valence-corrected chi connectivity index (χ4v) is 1.90. The predicted molar refractivity (Wildman–Crippen MR) is 76.3 cm³/mol. The van der Waals surface area contributed by atoms with Crippen LogP contribution >= 0.6 is 0 Å². The quantitative estimate of drug-likeness (QED) is 0.857. The van der Waals surface area contributed by atoms with Crippen LogP contribution in [0, 0.1) is 0 Å². The Bertz CT molecular complexity index is 659. The van der Waals surface area contributed by atoms with Crippen molar-refractivity contribution >= 4 is 5.97 Å². The summed E-state index contributed by atoms with van der Waals surface area (Å²) in [5, 5.41) is 0. The summed E-state index contributed by atoms with van der Waals surface area (Å²) >= 11 is 0. The number of esters is 1. The van der Waals surface area contributed by atoms with E-state index in [1.54, 1.807) is 24.3 Å². The molecule has 0 fully saturated rings. The van der Waals surface area contributed by atoms with E-state index in [9.17, 15) is 18.0 Å². The number of alkyl halides is 3. The average Bonchev–Trinajstić information content (AvgIpc) is 2.52. The van der Waals surface area contributed by atoms with Gasteiger partial charge in [-0.15, -0.1) is 13.2 Å². The second-order valence-electron chi connectivity index (χ2n) is 4.66. The maximum atomic E-state index is 12.4. The molecule has 23 heavy (non-hydrogen) atoms. The van der Waals surface area contributed by atoms with E-state index < -0.39 is 24.1 Å². The lowest BCUT2D eigenvalue weighted by molar-refractivity contribution is -0.275. The Morgan fingerprint density at radius 3 is 2.30 bits per heavy atom. The number of benzene rings is 2. The molecular formula is C16H14F3NO3. The minimum Gasteiger partial charge on any atom is -0.459 e. The van der Waals surface area contributed by atoms with Gasteiger partial charge in [0.1, 0.15) is 18.4 Å². The van der Waals surface area contributed by atoms with Gasteiger partial charge in [-0.3, -0.25) is 0 Å². The summed E-state index contributed by atoms with van der Waals surface area (Å²) in [6.45, 7) is -0.0182. The maximum absolute atomic E-state index is 12.4. The van der Waals surface area contributed by atoms with Crippen molar-refractivity contribution < 1.29 is 27.4 Å². The zero-order chi connectivity index (χ0) is 16.9. The van der Waals surface area contributed by atoms with Crippen molar-refractivity contribution in [3.63, 3.8) is 0 Å². The van der Waals surface area contributed by atoms with E-state index in [1.807, 2.05) is 6.07 Å². The minimum atomic E-state index is -4.87. The fraction of sp³-hybridized carbons (Fsp3) is 0.188. The number of nitrogens with two attached hydrogens (primary N) is 1. The molecular weight excluding hydrogens is 311 g/mol. The normalized spacial score (nSPS) is 12.5. The summed E-state index contributed by atoms with van der Waals surface area (Å²) in [5.41, 5.74) is 6.35. The van der Waals surface area contributed by atoms with Crippen LogP contribution in [0.25, 0.3) is 0 Å². The van der Waals surface area contributed by atoms with E-state index in [4.69, 9.17) is 10.5 Å². The molecule has 0 aliphatic carbocycles. The molecule has 0 radical (unpaired) electrons. The van der Waals surface area contributed by atoms with Crippen LogP contribution in [-0.2, 0) is 16.1 Å². The zero-order valence-corrected chi connectivity index (χ0v) is 11.9. The first-order valence-electron chi connectivity index (χ1n) is 6.67. The molecule has 4 nitrogen and oxygen atoms in total. The standard InChI is InChI=1S/C16H14F3NO3/c17-16(18,19)23-13-9-5-4-8-12(13)14(20)15(21)22-10-11-6-2-1-3-7-11/h1-9,14H,10,20H2. The third kappa shape index (κ3) is 5.00. The van der Waals surface area contributed by atoms with E-state index in [0.717, 1.165) is 11.6 Å². The first-order valence-corrected chi connectivity index (χ1v) is 6.67. The molecule has 2 N–H and O–H groups in total. The van der Waals surface area contributed by atoms with Gasteiger partial charge in [0, 0.05) is 5.56 Å². The third-order valence-corrected chi connectivity index (χ3v) is 2.96. The van der Waals surface area contributed by atoms with Gasteiger partial charge in [-0.1, -0.05) is 48.5 Å². The van der Waals surface area contributed by atoms with E-state index in [1.165, 1.54) is 18.2 Å². The molecule has 0 heterocycles. The van der Waals surface area contributed by atoms with Crippen LogP contribution < -0.4 is 10.5 Å². The SMILES string of the molecule is NC(C(=O)OCc1ccccc1)c1ccccc1OC(F)(F)F. The molecule has 0 saturated carbocycles. The number of rotatable bonds is 5. The molecule has 0 amide bonds. The molecule has 0 bridgehead atoms. The Morgan fingerprint density at radius 1 is 1.04 bits per heavy atom. The van der Waals surface area contributed by atoms with Crippen LogP contribution in [0.3, 0.4) is 0 Å². The minimum absolute atomic E-state index is 0.0182. The first kappa shape index (κ1) is 16.8. The molecule has 7 heteroatoms. The molecule has 2 rings (SSSR count). The van der Waals surface area contributed by atoms with Gasteiger partial charge in [0.05, 0.1) is 0 Å². The lowest BCUT2D eigenvalue weighted by Gasteiger charge is -2.17. The van der Waals surface area contributed by atoms with Gasteiger partial charge >= 0.3 is 12.3 Å². The molecule has 0 aromatic heterocycles. The Morgan fingerprint density at radius 2 is 1.65 bits per heavy atom. The highest BCUT2D eigenvalue weighted by atomic mass is 19.4. The summed E-state index contributed by atoms with van der Waals surface area (Å²) in [6.07, 6.45) is -4.87. The van der Waals surface area contributed by atoms with Gasteiger partial charge in [-0.2, -0.15) is 0 Å². The Kier molecular flexibility index (Phi) is 5.23. The van der Waals surface area contributed by atoms with E-state index >= 15 is 0 Å². The topological polar surface area (TPSA) is 61.6 Å². The summed E-state index contributed by atoms with van der Waals surface area (Å²) in [7, 11) is 0. The van der Waals surface area contributed by atoms with Crippen molar-refractivity contribution in [3.05, 3.63) is 65.7 Å². The van der Waals surface area contributed by atoms with Crippen LogP contribution in [-0.4, -0.2) is 12.3 Å². The molecule has 122 valence electrons. The lowest BCUT2D eigenvalue weighted by Crippen LogP contribution is -2.26. The number of halogens is 3. The van der Waals surface area contributed by atoms with Crippen LogP contribution in [0.2, 0.25) is 0 Å². The summed E-state index contributed by atoms with van der Waals surface area (Å²) < 4.78 is 46.0. The Balaban J connectivity index is 2.07. The van der Waals surface area contributed by atoms with Gasteiger partial charge < -0.3 is 15.2 Å². The number of para-hydroxylation sites is 1. The van der Waals surface area contributed by atoms with Crippen molar-refractivity contribution in [2.45, 2.75) is 19.0 Å². The maximum Gasteiger partial charge on any atom is 0.573 e. The van der Waals surface area contributed by atoms with Crippen LogP contribution in [0.15, 0.2) is 54.6 Å². The van der Waals surface area contributed by atoms with Crippen LogP contribution in [0.4, 0.5) is 13.2 Å². The lowest BCUT2D eigenvalue weighted by atomic mass is 10.1. The molecule has 1 unspecified atom stereocenters. The number of carbonyl (C=O) groups is 1. The van der Waals surface area contributed by atoms with Gasteiger partial charge in [-0.25, -0.2) is 4.79 Å². The summed E-state index contributed by atoms with van der Waals surface area (Å²) in [4.78, 5) is 12.0. The van der Waals surface area contributed by atoms with Crippen molar-refractivity contribution in [1.29, 1.82) is 0 Å². The smallest absolute Gasteiger partial charge is 0.459 e. The van der Waals surface area contributed by atoms with Crippen LogP contribution in [0.1, 0.15) is 17.2 Å². The van der Waals surface area contributed by atoms with Crippen molar-refractivity contribution in [2.75, 3.05) is 0 Å². The second kappa shape index (κ2) is 7.15. The first-order chi connectivity index (χ1) is 10.9. The van der Waals surface area contributed by atoms with Crippen molar-refractivity contribution in [3.8, 4) is 5.75 Å². The van der Waals surface area contributed by atoms with E-state index in [0.29, 0.717) is 0 Å². The molecule has 0 aliphatic heterocycles. The van der Waals surface area contributed by atoms with Gasteiger partial charge in [0.25, 0.3) is 0 Å².